The summed E-state index contributed by atoms with van der Waals surface area (Å²) in [6, 6.07) is 20.4. The van der Waals surface area contributed by atoms with Crippen LogP contribution in [0.25, 0.3) is 0 Å². The van der Waals surface area contributed by atoms with E-state index in [0.717, 1.165) is 46.7 Å². The molecule has 0 heterocycles. The van der Waals surface area contributed by atoms with Crippen LogP contribution in [0.4, 0.5) is 5.69 Å². The molecule has 236 valence electrons. The quantitative estimate of drug-likeness (QED) is 0.248. The second-order valence-corrected chi connectivity index (χ2v) is 13.4. The molecule has 9 heteroatoms. The Morgan fingerprint density at radius 1 is 0.864 bits per heavy atom. The second-order valence-electron chi connectivity index (χ2n) is 11.5. The summed E-state index contributed by atoms with van der Waals surface area (Å²) in [4.78, 5) is 29.6. The minimum atomic E-state index is -4.13. The molecule has 2 amide bonds. The monoisotopic (exact) mass is 619 g/mol. The van der Waals surface area contributed by atoms with Gasteiger partial charge in [0.2, 0.25) is 11.8 Å². The van der Waals surface area contributed by atoms with Crippen LogP contribution >= 0.6 is 0 Å². The van der Waals surface area contributed by atoms with Gasteiger partial charge in [0, 0.05) is 12.6 Å². The number of nitrogens with zero attached hydrogens (tertiary/aromatic N) is 2. The standard InChI is InChI=1S/C35H45N3O5S/c1-5-33(35(40)36-29-10-8-7-9-11-29)37(24-28-16-12-26(3)13-17-28)34(39)25-38(30-18-20-31(21-19-30)43-6-2)44(41,42)32-22-14-27(4)15-23-32/h12-23,29,33H,5-11,24-25H2,1-4H3,(H,36,40)/t33-/m1/s1. The Labute approximate surface area is 262 Å². The molecule has 1 aliphatic carbocycles. The summed E-state index contributed by atoms with van der Waals surface area (Å²) < 4.78 is 34.9. The molecule has 44 heavy (non-hydrogen) atoms. The van der Waals surface area contributed by atoms with E-state index in [0.29, 0.717) is 24.5 Å². The van der Waals surface area contributed by atoms with Gasteiger partial charge in [-0.05, 0) is 82.0 Å². The number of ether oxygens (including phenoxy) is 1. The van der Waals surface area contributed by atoms with Crippen molar-refractivity contribution >= 4 is 27.5 Å². The predicted octanol–water partition coefficient (Wildman–Crippen LogP) is 6.15. The Morgan fingerprint density at radius 2 is 1.45 bits per heavy atom. The normalized spacial score (nSPS) is 14.5. The lowest BCUT2D eigenvalue weighted by atomic mass is 9.95. The first kappa shape index (κ1) is 33.1. The van der Waals surface area contributed by atoms with Crippen LogP contribution in [0, 0.1) is 13.8 Å². The van der Waals surface area contributed by atoms with Crippen LogP contribution < -0.4 is 14.4 Å². The molecule has 0 bridgehead atoms. The third-order valence-corrected chi connectivity index (χ3v) is 9.92. The molecule has 1 saturated carbocycles. The third kappa shape index (κ3) is 8.40. The van der Waals surface area contributed by atoms with Crippen molar-refractivity contribution in [3.05, 3.63) is 89.5 Å². The summed E-state index contributed by atoms with van der Waals surface area (Å²) in [5, 5.41) is 3.19. The molecule has 3 aromatic rings. The molecule has 0 unspecified atom stereocenters. The average molecular weight is 620 g/mol. The molecule has 0 aliphatic heterocycles. The number of rotatable bonds is 13. The zero-order valence-electron chi connectivity index (χ0n) is 26.3. The molecule has 8 nitrogen and oxygen atoms in total. The van der Waals surface area contributed by atoms with Gasteiger partial charge < -0.3 is 15.0 Å². The average Bonchev–Trinajstić information content (AvgIpc) is 3.02. The summed E-state index contributed by atoms with van der Waals surface area (Å²) in [6.45, 7) is 7.81. The molecule has 1 atom stereocenters. The van der Waals surface area contributed by atoms with E-state index in [2.05, 4.69) is 5.32 Å². The smallest absolute Gasteiger partial charge is 0.264 e. The van der Waals surface area contributed by atoms with Crippen molar-refractivity contribution in [2.45, 2.75) is 89.7 Å². The maximum atomic E-state index is 14.3. The molecule has 0 spiro atoms. The molecule has 0 saturated heterocycles. The van der Waals surface area contributed by atoms with Crippen molar-refractivity contribution in [2.24, 2.45) is 0 Å². The summed E-state index contributed by atoms with van der Waals surface area (Å²) in [5.74, 6) is -0.0589. The van der Waals surface area contributed by atoms with Gasteiger partial charge in [-0.15, -0.1) is 0 Å². The van der Waals surface area contributed by atoms with Crippen LogP contribution in [0.1, 0.15) is 69.1 Å². The maximum Gasteiger partial charge on any atom is 0.264 e. The van der Waals surface area contributed by atoms with Gasteiger partial charge in [0.1, 0.15) is 18.3 Å². The summed E-state index contributed by atoms with van der Waals surface area (Å²) >= 11 is 0. The highest BCUT2D eigenvalue weighted by Crippen LogP contribution is 2.27. The van der Waals surface area contributed by atoms with E-state index in [1.54, 1.807) is 48.5 Å². The first-order chi connectivity index (χ1) is 21.1. The lowest BCUT2D eigenvalue weighted by Gasteiger charge is -2.34. The van der Waals surface area contributed by atoms with Crippen LogP contribution in [-0.4, -0.2) is 50.4 Å². The molecule has 4 rings (SSSR count). The number of amides is 2. The van der Waals surface area contributed by atoms with Crippen LogP contribution in [0.3, 0.4) is 0 Å². The summed E-state index contributed by atoms with van der Waals surface area (Å²) in [7, 11) is -4.13. The highest BCUT2D eigenvalue weighted by atomic mass is 32.2. The number of aryl methyl sites for hydroxylation is 2. The lowest BCUT2D eigenvalue weighted by Crippen LogP contribution is -2.54. The van der Waals surface area contributed by atoms with Gasteiger partial charge >= 0.3 is 0 Å². The van der Waals surface area contributed by atoms with Crippen LogP contribution in [0.15, 0.2) is 77.7 Å². The van der Waals surface area contributed by atoms with Crippen molar-refractivity contribution in [1.29, 1.82) is 0 Å². The number of hydrogen-bond acceptors (Lipinski definition) is 5. The number of carbonyl (C=O) groups is 2. The van der Waals surface area contributed by atoms with Gasteiger partial charge in [-0.25, -0.2) is 8.42 Å². The molecular weight excluding hydrogens is 574 g/mol. The minimum absolute atomic E-state index is 0.0805. The fourth-order valence-electron chi connectivity index (χ4n) is 5.60. The Hall–Kier alpha value is -3.85. The topological polar surface area (TPSA) is 96.0 Å². The third-order valence-electron chi connectivity index (χ3n) is 8.13. The van der Waals surface area contributed by atoms with Gasteiger partial charge in [0.25, 0.3) is 10.0 Å². The van der Waals surface area contributed by atoms with E-state index < -0.39 is 28.5 Å². The maximum absolute atomic E-state index is 14.3. The van der Waals surface area contributed by atoms with Gasteiger partial charge in [0.05, 0.1) is 17.2 Å². The Bertz CT molecular complexity index is 1480. The number of carbonyl (C=O) groups excluding carboxylic acids is 2. The first-order valence-corrected chi connectivity index (χ1v) is 17.0. The fraction of sp³-hybridized carbons (Fsp3) is 0.429. The van der Waals surface area contributed by atoms with Crippen molar-refractivity contribution < 1.29 is 22.7 Å². The predicted molar refractivity (Wildman–Crippen MR) is 174 cm³/mol. The van der Waals surface area contributed by atoms with Crippen molar-refractivity contribution in [2.75, 3.05) is 17.5 Å². The van der Waals surface area contributed by atoms with Crippen LogP contribution in [0.2, 0.25) is 0 Å². The fourth-order valence-corrected chi connectivity index (χ4v) is 7.01. The van der Waals surface area contributed by atoms with E-state index in [9.17, 15) is 18.0 Å². The number of sulfonamides is 1. The van der Waals surface area contributed by atoms with E-state index in [-0.39, 0.29) is 23.4 Å². The Morgan fingerprint density at radius 3 is 2.02 bits per heavy atom. The van der Waals surface area contributed by atoms with Crippen LogP contribution in [-0.2, 0) is 26.2 Å². The van der Waals surface area contributed by atoms with Gasteiger partial charge in [-0.2, -0.15) is 0 Å². The largest absolute Gasteiger partial charge is 0.494 e. The SMILES string of the molecule is CCOc1ccc(N(CC(=O)N(Cc2ccc(C)cc2)[C@H](CC)C(=O)NC2CCCCC2)S(=O)(=O)c2ccc(C)cc2)cc1. The van der Waals surface area contributed by atoms with Crippen molar-refractivity contribution in [3.63, 3.8) is 0 Å². The number of benzene rings is 3. The molecule has 3 aromatic carbocycles. The Kier molecular flexibility index (Phi) is 11.4. The number of nitrogens with one attached hydrogen (secondary N) is 1. The molecule has 0 radical (unpaired) electrons. The molecule has 0 aromatic heterocycles. The number of anilines is 1. The van der Waals surface area contributed by atoms with E-state index in [4.69, 9.17) is 4.74 Å². The Balaban J connectivity index is 1.70. The van der Waals surface area contributed by atoms with Crippen molar-refractivity contribution in [3.8, 4) is 5.75 Å². The van der Waals surface area contributed by atoms with Gasteiger partial charge in [0.15, 0.2) is 0 Å². The minimum Gasteiger partial charge on any atom is -0.494 e. The molecule has 1 aliphatic rings. The first-order valence-electron chi connectivity index (χ1n) is 15.6. The van der Waals surface area contributed by atoms with Crippen LogP contribution in [0.5, 0.6) is 5.75 Å². The number of hydrogen-bond donors (Lipinski definition) is 1. The zero-order valence-corrected chi connectivity index (χ0v) is 27.1. The molecular formula is C35H45N3O5S. The summed E-state index contributed by atoms with van der Waals surface area (Å²) in [5.41, 5.74) is 3.20. The second kappa shape index (κ2) is 15.2. The van der Waals surface area contributed by atoms with Gasteiger partial charge in [-0.3, -0.25) is 13.9 Å². The van der Waals surface area contributed by atoms with E-state index in [1.165, 1.54) is 11.3 Å². The summed E-state index contributed by atoms with van der Waals surface area (Å²) in [6.07, 6.45) is 5.55. The molecule has 1 fully saturated rings. The van der Waals surface area contributed by atoms with E-state index in [1.807, 2.05) is 52.0 Å². The molecule has 1 N–H and O–H groups in total. The zero-order chi connectivity index (χ0) is 31.7. The highest BCUT2D eigenvalue weighted by molar-refractivity contribution is 7.92. The highest BCUT2D eigenvalue weighted by Gasteiger charge is 2.34. The lowest BCUT2D eigenvalue weighted by molar-refractivity contribution is -0.140. The van der Waals surface area contributed by atoms with E-state index >= 15 is 0 Å². The van der Waals surface area contributed by atoms with Crippen molar-refractivity contribution in [1.82, 2.24) is 10.2 Å². The van der Waals surface area contributed by atoms with Gasteiger partial charge in [-0.1, -0.05) is 73.7 Å².